The van der Waals surface area contributed by atoms with Crippen molar-refractivity contribution in [2.75, 3.05) is 0 Å². The Labute approximate surface area is 173 Å². The topological polar surface area (TPSA) is 138 Å². The summed E-state index contributed by atoms with van der Waals surface area (Å²) in [5.41, 5.74) is 4.84. The molecule has 6 amide bonds. The molecule has 0 saturated heterocycles. The summed E-state index contributed by atoms with van der Waals surface area (Å²) in [6, 6.07) is 11.3. The summed E-state index contributed by atoms with van der Waals surface area (Å²) in [6.07, 6.45) is 0. The number of hydrazine groups is 2. The number of primary amides is 1. The molecule has 1 radical (unpaired) electrons. The maximum atomic E-state index is 12.7. The van der Waals surface area contributed by atoms with Gasteiger partial charge in [0.2, 0.25) is 0 Å². The minimum atomic E-state index is -1.59. The van der Waals surface area contributed by atoms with E-state index in [2.05, 4.69) is 0 Å². The molecule has 2 N–H and O–H groups in total. The number of hydrogen-bond acceptors (Lipinski definition) is 6. The Morgan fingerprint density at radius 3 is 1.17 bits per heavy atom. The van der Waals surface area contributed by atoms with Crippen LogP contribution in [0.2, 0.25) is 0 Å². The van der Waals surface area contributed by atoms with Crippen LogP contribution in [0, 0.1) is 0 Å². The summed E-state index contributed by atoms with van der Waals surface area (Å²) in [6.45, 7) is 0. The first-order chi connectivity index (χ1) is 13.3. The van der Waals surface area contributed by atoms with Gasteiger partial charge in [-0.1, -0.05) is 24.3 Å². The van der Waals surface area contributed by atoms with Gasteiger partial charge in [-0.05, 0) is 24.3 Å². The van der Waals surface area contributed by atoms with Crippen LogP contribution >= 0.6 is 0 Å². The molecule has 2 heterocycles. The summed E-state index contributed by atoms with van der Waals surface area (Å²) in [4.78, 5) is 74.9. The van der Waals surface area contributed by atoms with Crippen LogP contribution in [0.4, 0.5) is 0 Å². The van der Waals surface area contributed by atoms with Crippen LogP contribution in [0.3, 0.4) is 0 Å². The zero-order chi connectivity index (χ0) is 20.2. The molecular weight excluding hydrogens is 432 g/mol. The van der Waals surface area contributed by atoms with Crippen LogP contribution in [0.25, 0.3) is 0 Å². The molecule has 11 heteroatoms. The molecule has 10 nitrogen and oxygen atoms in total. The third-order valence-electron chi connectivity index (χ3n) is 4.32. The van der Waals surface area contributed by atoms with Gasteiger partial charge in [-0.2, -0.15) is 10.0 Å². The first-order valence-electron chi connectivity index (χ1n) is 7.94. The Hall–Kier alpha value is -3.82. The van der Waals surface area contributed by atoms with Gasteiger partial charge in [-0.15, -0.1) is 5.12 Å². The molecule has 29 heavy (non-hydrogen) atoms. The molecule has 2 aliphatic heterocycles. The van der Waals surface area contributed by atoms with E-state index in [1.54, 1.807) is 0 Å². The molecule has 0 bridgehead atoms. The van der Waals surface area contributed by atoms with E-state index in [4.69, 9.17) is 5.73 Å². The van der Waals surface area contributed by atoms with Crippen molar-refractivity contribution in [3.63, 3.8) is 0 Å². The minimum absolute atomic E-state index is 0. The zero-order valence-corrected chi connectivity index (χ0v) is 15.2. The molecule has 2 aliphatic rings. The zero-order valence-electron chi connectivity index (χ0n) is 14.3. The third kappa shape index (κ3) is 2.72. The van der Waals surface area contributed by atoms with E-state index < -0.39 is 35.4 Å². The minimum Gasteiger partial charge on any atom is -0.361 e. The fourth-order valence-corrected chi connectivity index (χ4v) is 3.07. The summed E-state index contributed by atoms with van der Waals surface area (Å²) in [7, 11) is 0. The van der Waals surface area contributed by atoms with Crippen molar-refractivity contribution in [2.24, 2.45) is 5.73 Å². The van der Waals surface area contributed by atoms with Crippen LogP contribution in [-0.2, 0) is 26.7 Å². The second-order valence-corrected chi connectivity index (χ2v) is 5.89. The maximum absolute atomic E-state index is 12.7. The number of amides is 6. The summed E-state index contributed by atoms with van der Waals surface area (Å²) in [5, 5.41) is 0.635. The van der Waals surface area contributed by atoms with Gasteiger partial charge in [0.05, 0.1) is 22.3 Å². The predicted octanol–water partition coefficient (Wildman–Crippen LogP) is -0.280. The molecular formula is C18H10CuN4O6. The van der Waals surface area contributed by atoms with Gasteiger partial charge in [0.1, 0.15) is 0 Å². The molecule has 0 aliphatic carbocycles. The first kappa shape index (κ1) is 19.9. The normalized spacial score (nSPS) is 14.5. The third-order valence-corrected chi connectivity index (χ3v) is 4.32. The van der Waals surface area contributed by atoms with Crippen molar-refractivity contribution < 1.29 is 45.8 Å². The van der Waals surface area contributed by atoms with Crippen molar-refractivity contribution in [2.45, 2.75) is 0 Å². The maximum Gasteiger partial charge on any atom is 0.350 e. The van der Waals surface area contributed by atoms with Gasteiger partial charge in [-0.3, -0.25) is 28.8 Å². The number of fused-ring (bicyclic) bond motifs is 2. The molecule has 149 valence electrons. The van der Waals surface area contributed by atoms with Gasteiger partial charge in [0.25, 0.3) is 23.6 Å². The van der Waals surface area contributed by atoms with E-state index in [1.807, 2.05) is 0 Å². The largest absolute Gasteiger partial charge is 0.361 e. The van der Waals surface area contributed by atoms with Gasteiger partial charge < -0.3 is 5.73 Å². The van der Waals surface area contributed by atoms with Crippen LogP contribution in [0.1, 0.15) is 41.4 Å². The Morgan fingerprint density at radius 2 is 0.931 bits per heavy atom. The monoisotopic (exact) mass is 441 g/mol. The SMILES string of the molecule is NC(=O)C(=O)N(N1C(=O)c2ccccc2C1=O)N1C(=O)c2ccccc2C1=O.[Cu]. The number of nitrogens with two attached hydrogens (primary N) is 1. The molecule has 4 rings (SSSR count). The van der Waals surface area contributed by atoms with Gasteiger partial charge in [0, 0.05) is 17.1 Å². The number of benzene rings is 2. The smallest absolute Gasteiger partial charge is 0.350 e. The molecule has 0 unspecified atom stereocenters. The van der Waals surface area contributed by atoms with E-state index in [-0.39, 0.29) is 54.5 Å². The second kappa shape index (κ2) is 6.97. The average Bonchev–Trinajstić information content (AvgIpc) is 3.09. The molecule has 2 aromatic carbocycles. The Bertz CT molecular complexity index is 985. The molecule has 0 fully saturated rings. The Balaban J connectivity index is 0.00000240. The predicted molar refractivity (Wildman–Crippen MR) is 89.9 cm³/mol. The first-order valence-corrected chi connectivity index (χ1v) is 7.94. The van der Waals surface area contributed by atoms with Crippen molar-refractivity contribution in [1.82, 2.24) is 15.1 Å². The van der Waals surface area contributed by atoms with Gasteiger partial charge in [-0.25, -0.2) is 0 Å². The summed E-state index contributed by atoms with van der Waals surface area (Å²) >= 11 is 0. The van der Waals surface area contributed by atoms with E-state index in [0.29, 0.717) is 0 Å². The van der Waals surface area contributed by atoms with Crippen LogP contribution in [-0.4, -0.2) is 50.6 Å². The average molecular weight is 442 g/mol. The number of rotatable bonds is 2. The number of nitrogens with zero attached hydrogens (tertiary/aromatic N) is 3. The number of carbonyl (C=O) groups is 6. The summed E-state index contributed by atoms with van der Waals surface area (Å²) in [5.74, 6) is -7.07. The molecule has 0 saturated carbocycles. The van der Waals surface area contributed by atoms with E-state index >= 15 is 0 Å². The molecule has 0 atom stereocenters. The number of carbonyl (C=O) groups excluding carboxylic acids is 6. The van der Waals surface area contributed by atoms with Crippen molar-refractivity contribution in [1.29, 1.82) is 0 Å². The van der Waals surface area contributed by atoms with Crippen molar-refractivity contribution in [3.8, 4) is 0 Å². The van der Waals surface area contributed by atoms with E-state index in [0.717, 1.165) is 0 Å². The van der Waals surface area contributed by atoms with Crippen LogP contribution in [0.5, 0.6) is 0 Å². The number of imide groups is 2. The summed E-state index contributed by atoms with van der Waals surface area (Å²) < 4.78 is 0. The molecule has 0 spiro atoms. The van der Waals surface area contributed by atoms with Gasteiger partial charge >= 0.3 is 11.8 Å². The Morgan fingerprint density at radius 1 is 0.655 bits per heavy atom. The van der Waals surface area contributed by atoms with Crippen molar-refractivity contribution in [3.05, 3.63) is 70.8 Å². The molecule has 0 aromatic heterocycles. The van der Waals surface area contributed by atoms with Crippen LogP contribution < -0.4 is 5.73 Å². The fourth-order valence-electron chi connectivity index (χ4n) is 3.07. The van der Waals surface area contributed by atoms with Crippen molar-refractivity contribution >= 4 is 35.4 Å². The number of hydrogen-bond donors (Lipinski definition) is 1. The van der Waals surface area contributed by atoms with Gasteiger partial charge in [0.15, 0.2) is 0 Å². The standard InChI is InChI=1S/C18H10N4O6.Cu/c19-13(23)18(28)22(20-14(24)9-5-1-2-6-10(9)15(20)25)21-16(26)11-7-3-4-8-12(11)17(21)27;/h1-8H,(H2,19,23);. The molecule has 2 aromatic rings. The van der Waals surface area contributed by atoms with Crippen LogP contribution in [0.15, 0.2) is 48.5 Å². The second-order valence-electron chi connectivity index (χ2n) is 5.89. The quantitative estimate of drug-likeness (QED) is 0.386. The fraction of sp³-hybridized carbons (Fsp3) is 0. The van der Waals surface area contributed by atoms with E-state index in [9.17, 15) is 28.8 Å². The Kier molecular flexibility index (Phi) is 4.79. The van der Waals surface area contributed by atoms with E-state index in [1.165, 1.54) is 48.5 Å².